The summed E-state index contributed by atoms with van der Waals surface area (Å²) in [6.45, 7) is 10.9. The summed E-state index contributed by atoms with van der Waals surface area (Å²) in [7, 11) is 0. The van der Waals surface area contributed by atoms with Gasteiger partial charge in [0.1, 0.15) is 53.9 Å². The summed E-state index contributed by atoms with van der Waals surface area (Å²) in [5.74, 6) is -3.02. The van der Waals surface area contributed by atoms with Crippen LogP contribution in [0.4, 0.5) is 0 Å². The standard InChI is InChI=1S/C43H66O16/c1-37(2)13-14-43(36(53)54)22(15-37)21-7-8-25-38(3)11-10-27(39(4,18-45)24(38)9-12-40(25,5)41(21,6)16-26(43)46)58-35-32(30(49)29(48)31(59-35)34(51)52)57-20-42(55)19-56-23(17-44)28(47)33(42)50/h7,18,22-33,35,44,46-50,55H,8-17,19-20H2,1-6H3,(H,51,52)(H,53,54)/t22?,23?,24-,25?,26?,27-,28-,29-,30?,31?,32?,33?,35+,38?,39?,40?,41?,42?,43+/m0/s1. The summed E-state index contributed by atoms with van der Waals surface area (Å²) in [6, 6.07) is 0. The van der Waals surface area contributed by atoms with Gasteiger partial charge in [-0.3, -0.25) is 4.79 Å². The molecule has 0 aromatic carbocycles. The van der Waals surface area contributed by atoms with Crippen molar-refractivity contribution in [2.75, 3.05) is 19.8 Å². The highest BCUT2D eigenvalue weighted by Gasteiger charge is 2.72. The van der Waals surface area contributed by atoms with Crippen LogP contribution in [0.15, 0.2) is 11.6 Å². The number of aliphatic hydroxyl groups is 7. The van der Waals surface area contributed by atoms with Crippen molar-refractivity contribution in [3.05, 3.63) is 11.6 Å². The maximum Gasteiger partial charge on any atom is 0.335 e. The molecule has 6 fully saturated rings. The molecule has 2 saturated heterocycles. The van der Waals surface area contributed by atoms with Crippen molar-refractivity contribution in [3.8, 4) is 0 Å². The van der Waals surface area contributed by atoms with Crippen LogP contribution in [0.3, 0.4) is 0 Å². The van der Waals surface area contributed by atoms with E-state index in [-0.39, 0.29) is 28.6 Å². The summed E-state index contributed by atoms with van der Waals surface area (Å²) in [5, 5.41) is 96.5. The topological polar surface area (TPSA) is 270 Å². The lowest BCUT2D eigenvalue weighted by Crippen LogP contribution is -2.68. The number of carbonyl (C=O) groups excluding carboxylic acids is 1. The smallest absolute Gasteiger partial charge is 0.335 e. The highest BCUT2D eigenvalue weighted by molar-refractivity contribution is 5.77. The number of ether oxygens (including phenoxy) is 4. The van der Waals surface area contributed by atoms with Crippen LogP contribution < -0.4 is 0 Å². The molecule has 19 atom stereocenters. The molecule has 2 aliphatic heterocycles. The molecule has 7 aliphatic rings. The van der Waals surface area contributed by atoms with E-state index in [0.717, 1.165) is 18.3 Å². The van der Waals surface area contributed by atoms with E-state index in [2.05, 4.69) is 40.7 Å². The SMILES string of the molecule is CC1(C)CC[C@]2(C(=O)O)C(O)CC3(C)C(=CCC4C5(C)CC[C@H](O[C@@H]6OC(C(=O)O)[C@@H](O)C(O)C6OCC6(O)COC(CO)[C@H](O)C6O)C(C)(C=O)[C@H]5CCC43C)C2C1. The first-order valence-electron chi connectivity index (χ1n) is 21.3. The van der Waals surface area contributed by atoms with Gasteiger partial charge in [-0.25, -0.2) is 4.79 Å². The van der Waals surface area contributed by atoms with E-state index in [9.17, 15) is 60.3 Å². The number of aldehydes is 1. The molecule has 0 aromatic rings. The Hall–Kier alpha value is -2.09. The molecule has 7 rings (SSSR count). The van der Waals surface area contributed by atoms with Gasteiger partial charge in [-0.05, 0) is 97.2 Å². The first kappa shape index (κ1) is 44.9. The predicted octanol–water partition coefficient (Wildman–Crippen LogP) is 1.17. The van der Waals surface area contributed by atoms with Crippen LogP contribution in [-0.4, -0.2) is 151 Å². The van der Waals surface area contributed by atoms with Crippen LogP contribution >= 0.6 is 0 Å². The summed E-state index contributed by atoms with van der Waals surface area (Å²) in [4.78, 5) is 38.8. The summed E-state index contributed by atoms with van der Waals surface area (Å²) < 4.78 is 23.5. The summed E-state index contributed by atoms with van der Waals surface area (Å²) in [5.41, 5.74) is -4.89. The lowest BCUT2D eigenvalue weighted by atomic mass is 9.33. The largest absolute Gasteiger partial charge is 0.481 e. The zero-order valence-electron chi connectivity index (χ0n) is 35.0. The fourth-order valence-electron chi connectivity index (χ4n) is 13.8. The predicted molar refractivity (Wildman–Crippen MR) is 205 cm³/mol. The Morgan fingerprint density at radius 2 is 1.59 bits per heavy atom. The summed E-state index contributed by atoms with van der Waals surface area (Å²) >= 11 is 0. The fourth-order valence-corrected chi connectivity index (χ4v) is 13.8. The monoisotopic (exact) mass is 838 g/mol. The van der Waals surface area contributed by atoms with Gasteiger partial charge < -0.3 is 69.7 Å². The van der Waals surface area contributed by atoms with E-state index < -0.39 is 120 Å². The highest BCUT2D eigenvalue weighted by Crippen LogP contribution is 2.76. The number of rotatable bonds is 9. The van der Waals surface area contributed by atoms with E-state index >= 15 is 0 Å². The first-order valence-corrected chi connectivity index (χ1v) is 21.3. The van der Waals surface area contributed by atoms with Gasteiger partial charge in [0.15, 0.2) is 12.4 Å². The van der Waals surface area contributed by atoms with Crippen molar-refractivity contribution < 1.29 is 79.3 Å². The Balaban J connectivity index is 1.17. The number of hydrogen-bond donors (Lipinski definition) is 9. The van der Waals surface area contributed by atoms with Gasteiger partial charge in [0.25, 0.3) is 0 Å². The first-order chi connectivity index (χ1) is 27.4. The number of fused-ring (bicyclic) bond motifs is 7. The number of carboxylic acids is 2. The molecular formula is C43H66O16. The Kier molecular flexibility index (Phi) is 11.4. The molecule has 16 nitrogen and oxygen atoms in total. The fraction of sp³-hybridized carbons (Fsp3) is 0.884. The van der Waals surface area contributed by atoms with Crippen molar-refractivity contribution in [2.24, 2.45) is 50.2 Å². The van der Waals surface area contributed by atoms with Crippen LogP contribution in [0.25, 0.3) is 0 Å². The van der Waals surface area contributed by atoms with E-state index in [0.29, 0.717) is 51.4 Å². The van der Waals surface area contributed by atoms with Crippen LogP contribution in [0.5, 0.6) is 0 Å². The van der Waals surface area contributed by atoms with Crippen LogP contribution in [0.1, 0.15) is 99.3 Å². The molecule has 0 aromatic heterocycles. The molecule has 59 heavy (non-hydrogen) atoms. The average molecular weight is 839 g/mol. The lowest BCUT2D eigenvalue weighted by molar-refractivity contribution is -0.337. The van der Waals surface area contributed by atoms with Gasteiger partial charge in [-0.15, -0.1) is 0 Å². The maximum atomic E-state index is 13.5. The van der Waals surface area contributed by atoms with Crippen LogP contribution in [-0.2, 0) is 33.3 Å². The third-order valence-electron chi connectivity index (χ3n) is 17.6. The minimum Gasteiger partial charge on any atom is -0.481 e. The number of aliphatic hydroxyl groups excluding tert-OH is 6. The molecule has 5 aliphatic carbocycles. The Bertz CT molecular complexity index is 1690. The number of allylic oxidation sites excluding steroid dienone is 2. The Morgan fingerprint density at radius 1 is 0.898 bits per heavy atom. The zero-order chi connectivity index (χ0) is 43.5. The molecule has 0 amide bonds. The Labute approximate surface area is 344 Å². The van der Waals surface area contributed by atoms with Crippen LogP contribution in [0.2, 0.25) is 0 Å². The van der Waals surface area contributed by atoms with E-state index in [4.69, 9.17) is 18.9 Å². The molecule has 9 N–H and O–H groups in total. The number of hydrogen-bond acceptors (Lipinski definition) is 14. The van der Waals surface area contributed by atoms with Gasteiger partial charge in [0.2, 0.25) is 0 Å². The van der Waals surface area contributed by atoms with Crippen LogP contribution in [0, 0.1) is 50.2 Å². The van der Waals surface area contributed by atoms with Crippen molar-refractivity contribution in [3.63, 3.8) is 0 Å². The quantitative estimate of drug-likeness (QED) is 0.0896. The second-order valence-electron chi connectivity index (χ2n) is 21.0. The number of carbonyl (C=O) groups is 3. The minimum atomic E-state index is -2.25. The molecule has 13 unspecified atom stereocenters. The number of aliphatic carboxylic acids is 2. The normalized spacial score (nSPS) is 53.1. The molecule has 2 heterocycles. The molecule has 4 saturated carbocycles. The summed E-state index contributed by atoms with van der Waals surface area (Å²) in [6.07, 6.45) is -7.65. The minimum absolute atomic E-state index is 0.0462. The average Bonchev–Trinajstić information content (AvgIpc) is 3.16. The third kappa shape index (κ3) is 6.52. The molecule has 16 heteroatoms. The van der Waals surface area contributed by atoms with E-state index in [1.807, 2.05) is 6.92 Å². The van der Waals surface area contributed by atoms with E-state index in [1.54, 1.807) is 0 Å². The molecule has 0 radical (unpaired) electrons. The molecule has 0 bridgehead atoms. The van der Waals surface area contributed by atoms with Crippen molar-refractivity contribution in [1.82, 2.24) is 0 Å². The number of carboxylic acid groups (broad SMARTS) is 2. The lowest BCUT2D eigenvalue weighted by Gasteiger charge is -2.71. The Morgan fingerprint density at radius 3 is 2.22 bits per heavy atom. The maximum absolute atomic E-state index is 13.5. The van der Waals surface area contributed by atoms with Crippen molar-refractivity contribution >= 4 is 18.2 Å². The molecular weight excluding hydrogens is 772 g/mol. The molecule has 0 spiro atoms. The van der Waals surface area contributed by atoms with Gasteiger partial charge in [0, 0.05) is 0 Å². The van der Waals surface area contributed by atoms with Gasteiger partial charge in [-0.1, -0.05) is 53.2 Å². The van der Waals surface area contributed by atoms with Gasteiger partial charge in [0.05, 0.1) is 37.4 Å². The molecule has 334 valence electrons. The third-order valence-corrected chi connectivity index (χ3v) is 17.6. The van der Waals surface area contributed by atoms with Gasteiger partial charge in [-0.2, -0.15) is 0 Å². The zero-order valence-corrected chi connectivity index (χ0v) is 35.0. The van der Waals surface area contributed by atoms with Crippen molar-refractivity contribution in [2.45, 2.75) is 166 Å². The van der Waals surface area contributed by atoms with E-state index in [1.165, 1.54) is 0 Å². The second-order valence-corrected chi connectivity index (χ2v) is 21.0. The highest BCUT2D eigenvalue weighted by atomic mass is 16.7. The second kappa shape index (κ2) is 15.0. The van der Waals surface area contributed by atoms with Crippen molar-refractivity contribution in [1.29, 1.82) is 0 Å². The van der Waals surface area contributed by atoms with Gasteiger partial charge >= 0.3 is 11.9 Å².